The number of hydrogen-bond donors (Lipinski definition) is 0. The molecule has 0 atom stereocenters. The molecule has 0 spiro atoms. The molecule has 40 heavy (non-hydrogen) atoms. The first-order chi connectivity index (χ1) is 19.5. The van der Waals surface area contributed by atoms with Crippen LogP contribution in [0, 0.1) is 11.8 Å². The molecular weight excluding hydrogens is 484 g/mol. The minimum Gasteiger partial charge on any atom is -0.493 e. The van der Waals surface area contributed by atoms with Crippen LogP contribution in [0.15, 0.2) is 48.5 Å². The van der Waals surface area contributed by atoms with Gasteiger partial charge in [0, 0.05) is 0 Å². The third-order valence-electron chi connectivity index (χ3n) is 9.79. The van der Waals surface area contributed by atoms with Gasteiger partial charge in [0.25, 0.3) is 0 Å². The summed E-state index contributed by atoms with van der Waals surface area (Å²) in [4.78, 5) is 0. The Bertz CT molecular complexity index is 1220. The second kappa shape index (κ2) is 14.4. The van der Waals surface area contributed by atoms with Gasteiger partial charge in [-0.25, -0.2) is 0 Å². The lowest BCUT2D eigenvalue weighted by Crippen LogP contribution is -2.13. The molecule has 1 nitrogen and oxygen atoms in total. The smallest absolute Gasteiger partial charge is 0.125 e. The second-order valence-corrected chi connectivity index (χ2v) is 12.2. The Morgan fingerprint density at radius 1 is 0.650 bits per heavy atom. The van der Waals surface area contributed by atoms with Crippen LogP contribution in [0.5, 0.6) is 5.75 Å². The highest BCUT2D eigenvalue weighted by Gasteiger charge is 2.21. The van der Waals surface area contributed by atoms with Crippen LogP contribution < -0.4 is 4.74 Å². The molecule has 1 fully saturated rings. The van der Waals surface area contributed by atoms with Gasteiger partial charge in [-0.3, -0.25) is 0 Å². The maximum absolute atomic E-state index is 6.62. The number of ether oxygens (including phenoxy) is 1. The van der Waals surface area contributed by atoms with Crippen LogP contribution in [-0.4, -0.2) is 6.61 Å². The van der Waals surface area contributed by atoms with E-state index in [-0.39, 0.29) is 0 Å². The van der Waals surface area contributed by atoms with Crippen LogP contribution in [0.4, 0.5) is 0 Å². The molecule has 0 saturated heterocycles. The molecule has 0 N–H and O–H groups in total. The lowest BCUT2D eigenvalue weighted by Gasteiger charge is -2.26. The first kappa shape index (κ1) is 30.4. The third kappa shape index (κ3) is 6.67. The fourth-order valence-corrected chi connectivity index (χ4v) is 6.88. The summed E-state index contributed by atoms with van der Waals surface area (Å²) in [6.45, 7) is 17.0. The van der Waals surface area contributed by atoms with Gasteiger partial charge in [0.1, 0.15) is 5.75 Å². The SMILES string of the molecule is CCc1cc(-c2ccc(C3CCC(C)CC3)cc2)ccc1-c1cc(CC)c(OCC(CC)CC)c(CC)c1CC. The van der Waals surface area contributed by atoms with E-state index in [0.717, 1.165) is 44.1 Å². The fourth-order valence-electron chi connectivity index (χ4n) is 6.88. The van der Waals surface area contributed by atoms with Crippen molar-refractivity contribution < 1.29 is 4.74 Å². The molecule has 216 valence electrons. The van der Waals surface area contributed by atoms with Crippen molar-refractivity contribution in [3.8, 4) is 28.0 Å². The minimum atomic E-state index is 0.624. The van der Waals surface area contributed by atoms with E-state index < -0.39 is 0 Å². The van der Waals surface area contributed by atoms with Crippen molar-refractivity contribution in [2.45, 2.75) is 119 Å². The molecule has 0 bridgehead atoms. The molecule has 3 aromatic carbocycles. The van der Waals surface area contributed by atoms with Crippen molar-refractivity contribution in [1.82, 2.24) is 0 Å². The van der Waals surface area contributed by atoms with Gasteiger partial charge in [-0.15, -0.1) is 0 Å². The van der Waals surface area contributed by atoms with Crippen LogP contribution in [0.25, 0.3) is 22.3 Å². The van der Waals surface area contributed by atoms with E-state index >= 15 is 0 Å². The van der Waals surface area contributed by atoms with Crippen LogP contribution in [0.2, 0.25) is 0 Å². The van der Waals surface area contributed by atoms with Gasteiger partial charge in [0.05, 0.1) is 6.61 Å². The minimum absolute atomic E-state index is 0.624. The van der Waals surface area contributed by atoms with Gasteiger partial charge in [0.2, 0.25) is 0 Å². The third-order valence-corrected chi connectivity index (χ3v) is 9.79. The van der Waals surface area contributed by atoms with Gasteiger partial charge in [-0.1, -0.05) is 117 Å². The van der Waals surface area contributed by atoms with Gasteiger partial charge in [0.15, 0.2) is 0 Å². The normalized spacial score (nSPS) is 17.4. The number of aryl methyl sites for hydroxylation is 2. The highest BCUT2D eigenvalue weighted by atomic mass is 16.5. The Morgan fingerprint density at radius 3 is 1.85 bits per heavy atom. The predicted octanol–water partition coefficient (Wildman–Crippen LogP) is 11.4. The number of rotatable bonds is 12. The quantitative estimate of drug-likeness (QED) is 0.223. The maximum atomic E-state index is 6.62. The monoisotopic (exact) mass is 538 g/mol. The molecular formula is C39H54O. The van der Waals surface area contributed by atoms with E-state index in [1.165, 1.54) is 94.3 Å². The van der Waals surface area contributed by atoms with Gasteiger partial charge in [-0.2, -0.15) is 0 Å². The molecule has 0 aromatic heterocycles. The molecule has 1 saturated carbocycles. The standard InChI is InChI=1S/C39H54O/c1-8-28(9-2)26-40-39-30(11-4)25-38(35(12-5)36(39)13-6)37-23-22-34(24-29(37)10-3)33-20-18-32(19-21-33)31-16-14-27(7)15-17-31/h18-25,27-28,31H,8-17,26H2,1-7H3. The lowest BCUT2D eigenvalue weighted by molar-refractivity contribution is 0.236. The summed E-state index contributed by atoms with van der Waals surface area (Å²) < 4.78 is 6.62. The zero-order chi connectivity index (χ0) is 28.6. The van der Waals surface area contributed by atoms with Crippen molar-refractivity contribution in [2.24, 2.45) is 11.8 Å². The largest absolute Gasteiger partial charge is 0.493 e. The zero-order valence-corrected chi connectivity index (χ0v) is 26.5. The number of hydrogen-bond acceptors (Lipinski definition) is 1. The molecule has 0 amide bonds. The van der Waals surface area contributed by atoms with Gasteiger partial charge in [-0.05, 0) is 112 Å². The summed E-state index contributed by atoms with van der Waals surface area (Å²) in [5.41, 5.74) is 12.7. The summed E-state index contributed by atoms with van der Waals surface area (Å²) in [5.74, 6) is 3.43. The van der Waals surface area contributed by atoms with E-state index in [0.29, 0.717) is 5.92 Å². The Morgan fingerprint density at radius 2 is 1.27 bits per heavy atom. The molecule has 0 radical (unpaired) electrons. The fraction of sp³-hybridized carbons (Fsp3) is 0.538. The molecule has 0 unspecified atom stereocenters. The summed E-state index contributed by atoms with van der Waals surface area (Å²) in [7, 11) is 0. The van der Waals surface area contributed by atoms with Crippen LogP contribution in [0.1, 0.15) is 121 Å². The maximum Gasteiger partial charge on any atom is 0.125 e. The van der Waals surface area contributed by atoms with Crippen molar-refractivity contribution in [3.63, 3.8) is 0 Å². The molecule has 1 heteroatoms. The zero-order valence-electron chi connectivity index (χ0n) is 26.5. The summed E-state index contributed by atoms with van der Waals surface area (Å²) in [6.07, 6.45) is 11.8. The molecule has 4 rings (SSSR count). The van der Waals surface area contributed by atoms with E-state index in [9.17, 15) is 0 Å². The Labute approximate surface area is 245 Å². The molecule has 0 aliphatic heterocycles. The molecule has 1 aliphatic rings. The summed E-state index contributed by atoms with van der Waals surface area (Å²) in [6, 6.07) is 19.1. The molecule has 3 aromatic rings. The first-order valence-electron chi connectivity index (χ1n) is 16.5. The summed E-state index contributed by atoms with van der Waals surface area (Å²) in [5, 5.41) is 0. The first-order valence-corrected chi connectivity index (χ1v) is 16.5. The van der Waals surface area contributed by atoms with E-state index in [1.54, 1.807) is 0 Å². The van der Waals surface area contributed by atoms with Gasteiger partial charge < -0.3 is 4.74 Å². The Balaban J connectivity index is 1.68. The molecule has 1 aliphatic carbocycles. The molecule has 0 heterocycles. The Hall–Kier alpha value is -2.54. The highest BCUT2D eigenvalue weighted by molar-refractivity contribution is 5.78. The second-order valence-electron chi connectivity index (χ2n) is 12.2. The summed E-state index contributed by atoms with van der Waals surface area (Å²) >= 11 is 0. The van der Waals surface area contributed by atoms with E-state index in [4.69, 9.17) is 4.74 Å². The van der Waals surface area contributed by atoms with Crippen molar-refractivity contribution in [2.75, 3.05) is 6.61 Å². The van der Waals surface area contributed by atoms with E-state index in [1.807, 2.05) is 0 Å². The van der Waals surface area contributed by atoms with Crippen LogP contribution in [0.3, 0.4) is 0 Å². The van der Waals surface area contributed by atoms with Crippen molar-refractivity contribution in [3.05, 3.63) is 76.3 Å². The van der Waals surface area contributed by atoms with E-state index in [2.05, 4.69) is 97.0 Å². The topological polar surface area (TPSA) is 9.23 Å². The highest BCUT2D eigenvalue weighted by Crippen LogP contribution is 2.40. The van der Waals surface area contributed by atoms with Crippen molar-refractivity contribution in [1.29, 1.82) is 0 Å². The van der Waals surface area contributed by atoms with Gasteiger partial charge >= 0.3 is 0 Å². The predicted molar refractivity (Wildman–Crippen MR) is 175 cm³/mol. The number of benzene rings is 3. The average Bonchev–Trinajstić information content (AvgIpc) is 3.01. The average molecular weight is 539 g/mol. The van der Waals surface area contributed by atoms with Crippen molar-refractivity contribution >= 4 is 0 Å². The van der Waals surface area contributed by atoms with Crippen LogP contribution in [-0.2, 0) is 25.7 Å². The van der Waals surface area contributed by atoms with Crippen LogP contribution >= 0.6 is 0 Å². The lowest BCUT2D eigenvalue weighted by atomic mass is 9.79. The Kier molecular flexibility index (Phi) is 10.9.